The third kappa shape index (κ3) is 10.9. The first-order valence-electron chi connectivity index (χ1n) is 16.7. The maximum absolute atomic E-state index is 14.0. The standard InChI is InChI=1S/C35H48N8O4/c1-4-5-6-7-8-10-15-25(2)47-34(46)39-35(3,22-27-23-36-29-19-14-13-18-28(27)29)33(45)37-24-30(26-16-11-9-12-17-26)38-32(44)21-20-31-40-42-43-41-31/h9,11-14,16-19,23,25,30,36H,4-8,10,15,20-22,24H2,1-3H3,(H,37,45)(H,38,44)(H,39,46)(H,40,41,42,43). The van der Waals surface area contributed by atoms with Crippen molar-refractivity contribution < 1.29 is 19.1 Å². The predicted molar refractivity (Wildman–Crippen MR) is 180 cm³/mol. The molecule has 2 heterocycles. The zero-order valence-corrected chi connectivity index (χ0v) is 27.7. The third-order valence-corrected chi connectivity index (χ3v) is 8.35. The first-order valence-corrected chi connectivity index (χ1v) is 16.7. The number of nitrogens with one attached hydrogen (secondary N) is 5. The number of hydrogen-bond donors (Lipinski definition) is 5. The van der Waals surface area contributed by atoms with Crippen molar-refractivity contribution in [3.05, 3.63) is 77.7 Å². The fourth-order valence-corrected chi connectivity index (χ4v) is 5.66. The second-order valence-electron chi connectivity index (χ2n) is 12.4. The lowest BCUT2D eigenvalue weighted by molar-refractivity contribution is -0.127. The predicted octanol–water partition coefficient (Wildman–Crippen LogP) is 5.45. The van der Waals surface area contributed by atoms with Crippen LogP contribution in [0.2, 0.25) is 0 Å². The number of carbonyl (C=O) groups excluding carboxylic acids is 3. The molecule has 5 N–H and O–H groups in total. The Kier molecular flexibility index (Phi) is 13.3. The normalized spacial score (nSPS) is 13.8. The topological polar surface area (TPSA) is 167 Å². The van der Waals surface area contributed by atoms with Gasteiger partial charge in [0.1, 0.15) is 17.5 Å². The van der Waals surface area contributed by atoms with Crippen molar-refractivity contribution in [2.75, 3.05) is 6.54 Å². The summed E-state index contributed by atoms with van der Waals surface area (Å²) in [5.41, 5.74) is 1.30. The lowest BCUT2D eigenvalue weighted by atomic mass is 9.91. The molecule has 47 heavy (non-hydrogen) atoms. The zero-order valence-electron chi connectivity index (χ0n) is 27.7. The molecule has 3 unspecified atom stereocenters. The van der Waals surface area contributed by atoms with Crippen LogP contribution in [-0.4, -0.2) is 61.7 Å². The Labute approximate surface area is 276 Å². The number of alkyl carbamates (subject to hydrolysis) is 1. The van der Waals surface area contributed by atoms with Crippen molar-refractivity contribution in [2.24, 2.45) is 0 Å². The average molecular weight is 645 g/mol. The molecule has 4 aromatic rings. The van der Waals surface area contributed by atoms with Crippen LogP contribution in [0.25, 0.3) is 10.9 Å². The molecule has 0 radical (unpaired) electrons. The quantitative estimate of drug-likeness (QED) is 0.0846. The van der Waals surface area contributed by atoms with E-state index in [9.17, 15) is 14.4 Å². The van der Waals surface area contributed by atoms with Crippen LogP contribution in [0.3, 0.4) is 0 Å². The Morgan fingerprint density at radius 2 is 1.72 bits per heavy atom. The van der Waals surface area contributed by atoms with Crippen LogP contribution in [-0.2, 0) is 27.2 Å². The summed E-state index contributed by atoms with van der Waals surface area (Å²) in [6.45, 7) is 5.88. The highest BCUT2D eigenvalue weighted by Gasteiger charge is 2.37. The average Bonchev–Trinajstić information content (AvgIpc) is 3.74. The molecule has 0 aliphatic heterocycles. The summed E-state index contributed by atoms with van der Waals surface area (Å²) in [6.07, 6.45) is 9.36. The van der Waals surface area contributed by atoms with Gasteiger partial charge in [-0.2, -0.15) is 0 Å². The Bertz CT molecular complexity index is 1540. The second-order valence-corrected chi connectivity index (χ2v) is 12.4. The van der Waals surface area contributed by atoms with E-state index in [0.717, 1.165) is 41.3 Å². The largest absolute Gasteiger partial charge is 0.447 e. The van der Waals surface area contributed by atoms with Crippen LogP contribution >= 0.6 is 0 Å². The molecular weight excluding hydrogens is 596 g/mol. The molecule has 2 aromatic heterocycles. The molecule has 12 nitrogen and oxygen atoms in total. The van der Waals surface area contributed by atoms with Crippen molar-refractivity contribution in [2.45, 2.75) is 103 Å². The summed E-state index contributed by atoms with van der Waals surface area (Å²) < 4.78 is 5.72. The minimum absolute atomic E-state index is 0.104. The number of rotatable bonds is 19. The Hall–Kier alpha value is -4.74. The minimum Gasteiger partial charge on any atom is -0.447 e. The number of H-pyrrole nitrogens is 2. The molecule has 0 saturated heterocycles. The van der Waals surface area contributed by atoms with E-state index in [1.807, 2.05) is 67.7 Å². The van der Waals surface area contributed by atoms with E-state index in [4.69, 9.17) is 4.74 Å². The van der Waals surface area contributed by atoms with Gasteiger partial charge in [-0.25, -0.2) is 9.89 Å². The van der Waals surface area contributed by atoms with Crippen LogP contribution in [0.5, 0.6) is 0 Å². The smallest absolute Gasteiger partial charge is 0.408 e. The SMILES string of the molecule is CCCCCCCCC(C)OC(=O)NC(C)(Cc1c[nH]c2ccccc12)C(=O)NCC(NC(=O)CCc1nnn[nH]1)c1ccccc1. The maximum Gasteiger partial charge on any atom is 0.408 e. The van der Waals surface area contributed by atoms with Gasteiger partial charge in [0.15, 0.2) is 0 Å². The van der Waals surface area contributed by atoms with Crippen molar-refractivity contribution in [3.63, 3.8) is 0 Å². The zero-order chi connectivity index (χ0) is 33.5. The van der Waals surface area contributed by atoms with E-state index in [1.54, 1.807) is 6.92 Å². The molecule has 12 heteroatoms. The summed E-state index contributed by atoms with van der Waals surface area (Å²) in [7, 11) is 0. The highest BCUT2D eigenvalue weighted by molar-refractivity contribution is 5.91. The lowest BCUT2D eigenvalue weighted by Crippen LogP contribution is -2.59. The van der Waals surface area contributed by atoms with Gasteiger partial charge in [-0.3, -0.25) is 9.59 Å². The number of amides is 3. The van der Waals surface area contributed by atoms with E-state index < -0.39 is 23.6 Å². The number of carbonyl (C=O) groups is 3. The van der Waals surface area contributed by atoms with Crippen LogP contribution in [0.4, 0.5) is 4.79 Å². The Morgan fingerprint density at radius 3 is 2.49 bits per heavy atom. The fraction of sp³-hybridized carbons (Fsp3) is 0.486. The van der Waals surface area contributed by atoms with Gasteiger partial charge in [-0.1, -0.05) is 87.6 Å². The molecule has 0 aliphatic rings. The molecule has 252 valence electrons. The highest BCUT2D eigenvalue weighted by atomic mass is 16.6. The summed E-state index contributed by atoms with van der Waals surface area (Å²) >= 11 is 0. The molecule has 2 aromatic carbocycles. The Balaban J connectivity index is 1.44. The number of unbranched alkanes of at least 4 members (excludes halogenated alkanes) is 5. The van der Waals surface area contributed by atoms with Crippen LogP contribution in [0.1, 0.15) is 95.1 Å². The van der Waals surface area contributed by atoms with E-state index in [0.29, 0.717) is 12.2 Å². The van der Waals surface area contributed by atoms with Crippen LogP contribution in [0.15, 0.2) is 60.8 Å². The van der Waals surface area contributed by atoms with Crippen molar-refractivity contribution >= 4 is 28.8 Å². The van der Waals surface area contributed by atoms with E-state index >= 15 is 0 Å². The van der Waals surface area contributed by atoms with Crippen molar-refractivity contribution in [1.82, 2.24) is 41.6 Å². The number of para-hydroxylation sites is 1. The molecule has 0 saturated carbocycles. The van der Waals surface area contributed by atoms with Gasteiger partial charge in [0.05, 0.1) is 6.04 Å². The van der Waals surface area contributed by atoms with Crippen LogP contribution in [0, 0.1) is 0 Å². The van der Waals surface area contributed by atoms with Crippen molar-refractivity contribution in [3.8, 4) is 0 Å². The monoisotopic (exact) mass is 644 g/mol. The molecule has 3 amide bonds. The number of benzene rings is 2. The lowest BCUT2D eigenvalue weighted by Gasteiger charge is -2.31. The third-order valence-electron chi connectivity index (χ3n) is 8.35. The van der Waals surface area contributed by atoms with Crippen molar-refractivity contribution in [1.29, 1.82) is 0 Å². The summed E-state index contributed by atoms with van der Waals surface area (Å²) in [6, 6.07) is 16.7. The number of fused-ring (bicyclic) bond motifs is 1. The van der Waals surface area contributed by atoms with E-state index in [2.05, 4.69) is 48.5 Å². The first-order chi connectivity index (χ1) is 22.8. The number of nitrogens with zero attached hydrogens (tertiary/aromatic N) is 3. The minimum atomic E-state index is -1.35. The number of ether oxygens (including phenoxy) is 1. The molecule has 4 rings (SSSR count). The van der Waals surface area contributed by atoms with Gasteiger partial charge in [-0.05, 0) is 54.3 Å². The molecule has 0 spiro atoms. The second kappa shape index (κ2) is 17.8. The summed E-state index contributed by atoms with van der Waals surface area (Å²) in [5.74, 6) is -0.102. The molecule has 0 bridgehead atoms. The highest BCUT2D eigenvalue weighted by Crippen LogP contribution is 2.24. The maximum atomic E-state index is 14.0. The molecular formula is C35H48N8O4. The van der Waals surface area contributed by atoms with Gasteiger partial charge in [0.25, 0.3) is 0 Å². The Morgan fingerprint density at radius 1 is 0.979 bits per heavy atom. The van der Waals surface area contributed by atoms with E-state index in [-0.39, 0.29) is 31.4 Å². The molecule has 0 fully saturated rings. The van der Waals surface area contributed by atoms with Gasteiger partial charge < -0.3 is 25.7 Å². The van der Waals surface area contributed by atoms with Gasteiger partial charge in [-0.15, -0.1) is 5.10 Å². The number of aryl methyl sites for hydroxylation is 1. The van der Waals surface area contributed by atoms with Crippen LogP contribution < -0.4 is 16.0 Å². The molecule has 3 atom stereocenters. The van der Waals surface area contributed by atoms with Gasteiger partial charge in [0, 0.05) is 42.9 Å². The number of aromatic amines is 2. The first kappa shape index (κ1) is 35.1. The number of aromatic nitrogens is 5. The molecule has 0 aliphatic carbocycles. The fourth-order valence-electron chi connectivity index (χ4n) is 5.66. The van der Waals surface area contributed by atoms with Gasteiger partial charge in [0.2, 0.25) is 11.8 Å². The summed E-state index contributed by atoms with van der Waals surface area (Å²) in [5, 5.41) is 23.5. The van der Waals surface area contributed by atoms with Gasteiger partial charge >= 0.3 is 6.09 Å². The summed E-state index contributed by atoms with van der Waals surface area (Å²) in [4.78, 5) is 43.4. The van der Waals surface area contributed by atoms with E-state index in [1.165, 1.54) is 25.7 Å². The number of tetrazole rings is 1. The number of hydrogen-bond acceptors (Lipinski definition) is 7.